The molecular weight excluding hydrogens is 459 g/mol. The molecule has 0 aliphatic carbocycles. The monoisotopic (exact) mass is 484 g/mol. The molecule has 0 bridgehead atoms. The fourth-order valence-corrected chi connectivity index (χ4v) is 4.10. The minimum Gasteiger partial charge on any atom is -0.391 e. The Balaban J connectivity index is 1.77. The molecular formula is C27H25FN6O2. The van der Waals surface area contributed by atoms with Crippen molar-refractivity contribution in [2.75, 3.05) is 5.73 Å². The average molecular weight is 485 g/mol. The van der Waals surface area contributed by atoms with Crippen molar-refractivity contribution in [2.24, 2.45) is 0 Å². The van der Waals surface area contributed by atoms with Crippen LogP contribution in [0.5, 0.6) is 0 Å². The number of nitrogen functional groups attached to an aromatic ring is 1. The third-order valence-electron chi connectivity index (χ3n) is 6.30. The second-order valence-electron chi connectivity index (χ2n) is 8.88. The molecule has 3 heterocycles. The van der Waals surface area contributed by atoms with Crippen molar-refractivity contribution in [3.8, 4) is 22.5 Å². The molecule has 0 saturated heterocycles. The number of pyridine rings is 1. The maximum atomic E-state index is 13.7. The lowest BCUT2D eigenvalue weighted by molar-refractivity contribution is 0.0869. The molecule has 0 fully saturated rings. The number of fused-ring (bicyclic) bond motifs is 2. The molecule has 36 heavy (non-hydrogen) atoms. The topological polar surface area (TPSA) is 118 Å². The van der Waals surface area contributed by atoms with Gasteiger partial charge in [0.25, 0.3) is 5.91 Å². The minimum absolute atomic E-state index is 0.124. The standard InChI is InChI=1S/C27H25FN6O2/c1-14-10-11-30-21-9-6-18(12-20(14)21)24-23(17-4-7-19(28)8-5-17)33-25(29)26-32-22(13-34(24)26)27(36)31-15(2)16(3)35/h4-13,15-16,35H,1-3H3,(H2,29,33)(H,31,36). The molecule has 2 aromatic carbocycles. The van der Waals surface area contributed by atoms with E-state index in [0.29, 0.717) is 22.6 Å². The number of aryl methyl sites for hydroxylation is 1. The van der Waals surface area contributed by atoms with E-state index in [2.05, 4.69) is 20.3 Å². The highest BCUT2D eigenvalue weighted by Crippen LogP contribution is 2.35. The summed E-state index contributed by atoms with van der Waals surface area (Å²) in [7, 11) is 0. The van der Waals surface area contributed by atoms with Crippen LogP contribution in [0, 0.1) is 12.7 Å². The van der Waals surface area contributed by atoms with E-state index in [1.165, 1.54) is 12.1 Å². The molecule has 9 heteroatoms. The van der Waals surface area contributed by atoms with Gasteiger partial charge in [0.05, 0.1) is 29.1 Å². The first-order valence-electron chi connectivity index (χ1n) is 11.5. The number of nitrogens with zero attached hydrogens (tertiary/aromatic N) is 4. The van der Waals surface area contributed by atoms with Crippen molar-refractivity contribution in [3.05, 3.63) is 78.0 Å². The first kappa shape index (κ1) is 23.4. The number of anilines is 1. The number of aliphatic hydroxyl groups is 1. The van der Waals surface area contributed by atoms with Crippen molar-refractivity contribution in [2.45, 2.75) is 32.9 Å². The van der Waals surface area contributed by atoms with Crippen LogP contribution in [0.15, 0.2) is 60.9 Å². The second-order valence-corrected chi connectivity index (χ2v) is 8.88. The normalized spacial score (nSPS) is 13.1. The molecule has 3 aromatic heterocycles. The highest BCUT2D eigenvalue weighted by molar-refractivity contribution is 5.95. The van der Waals surface area contributed by atoms with Gasteiger partial charge in [-0.15, -0.1) is 0 Å². The van der Waals surface area contributed by atoms with Crippen molar-refractivity contribution >= 4 is 28.3 Å². The number of nitrogens with two attached hydrogens (primary N) is 1. The molecule has 4 N–H and O–H groups in total. The number of rotatable bonds is 5. The number of halogens is 1. The lowest BCUT2D eigenvalue weighted by Gasteiger charge is -2.15. The van der Waals surface area contributed by atoms with Crippen LogP contribution in [-0.2, 0) is 0 Å². The van der Waals surface area contributed by atoms with Gasteiger partial charge in [0.1, 0.15) is 11.5 Å². The van der Waals surface area contributed by atoms with Crippen LogP contribution < -0.4 is 11.1 Å². The summed E-state index contributed by atoms with van der Waals surface area (Å²) in [6.07, 6.45) is 2.63. The predicted octanol–water partition coefficient (Wildman–Crippen LogP) is 4.14. The fraction of sp³-hybridized carbons (Fsp3) is 0.185. The van der Waals surface area contributed by atoms with Crippen molar-refractivity contribution in [1.82, 2.24) is 24.7 Å². The number of aromatic nitrogens is 4. The number of amides is 1. The summed E-state index contributed by atoms with van der Waals surface area (Å²) in [6, 6.07) is 13.3. The number of carbonyl (C=O) groups excluding carboxylic acids is 1. The Hall–Kier alpha value is -4.37. The molecule has 0 radical (unpaired) electrons. The SMILES string of the molecule is Cc1ccnc2ccc(-c3c(-c4ccc(F)cc4)nc(N)c4nc(C(=O)NC(C)C(C)O)cn34)cc12. The highest BCUT2D eigenvalue weighted by atomic mass is 19.1. The summed E-state index contributed by atoms with van der Waals surface area (Å²) in [5.74, 6) is -0.686. The van der Waals surface area contributed by atoms with Gasteiger partial charge in [0.2, 0.25) is 0 Å². The van der Waals surface area contributed by atoms with Gasteiger partial charge < -0.3 is 16.2 Å². The van der Waals surface area contributed by atoms with Gasteiger partial charge in [-0.05, 0) is 68.8 Å². The number of imidazole rings is 1. The molecule has 0 spiro atoms. The molecule has 1 amide bonds. The summed E-state index contributed by atoms with van der Waals surface area (Å²) in [4.78, 5) is 26.4. The molecule has 0 aliphatic rings. The first-order valence-corrected chi connectivity index (χ1v) is 11.5. The van der Waals surface area contributed by atoms with Gasteiger partial charge in [-0.1, -0.05) is 6.07 Å². The van der Waals surface area contributed by atoms with E-state index in [4.69, 9.17) is 5.73 Å². The maximum Gasteiger partial charge on any atom is 0.271 e. The Kier molecular flexibility index (Phi) is 5.85. The number of carbonyl (C=O) groups is 1. The third kappa shape index (κ3) is 4.14. The maximum absolute atomic E-state index is 13.7. The molecule has 5 rings (SSSR count). The van der Waals surface area contributed by atoms with E-state index >= 15 is 0 Å². The van der Waals surface area contributed by atoms with Crippen molar-refractivity contribution < 1.29 is 14.3 Å². The zero-order valence-electron chi connectivity index (χ0n) is 20.0. The molecule has 0 aliphatic heterocycles. The molecule has 2 unspecified atom stereocenters. The van der Waals surface area contributed by atoms with Gasteiger partial charge in [0.15, 0.2) is 11.5 Å². The quantitative estimate of drug-likeness (QED) is 0.345. The summed E-state index contributed by atoms with van der Waals surface area (Å²) in [5, 5.41) is 13.5. The average Bonchev–Trinajstić information content (AvgIpc) is 3.31. The third-order valence-corrected chi connectivity index (χ3v) is 6.30. The van der Waals surface area contributed by atoms with Crippen molar-refractivity contribution in [1.29, 1.82) is 0 Å². The smallest absolute Gasteiger partial charge is 0.271 e. The van der Waals surface area contributed by atoms with E-state index in [1.807, 2.05) is 31.2 Å². The van der Waals surface area contributed by atoms with Crippen LogP contribution >= 0.6 is 0 Å². The van der Waals surface area contributed by atoms with E-state index in [-0.39, 0.29) is 17.3 Å². The predicted molar refractivity (Wildman–Crippen MR) is 137 cm³/mol. The fourth-order valence-electron chi connectivity index (χ4n) is 4.10. The van der Waals surface area contributed by atoms with Crippen LogP contribution in [-0.4, -0.2) is 42.5 Å². The van der Waals surface area contributed by atoms with Crippen LogP contribution in [0.1, 0.15) is 29.9 Å². The minimum atomic E-state index is -0.729. The largest absolute Gasteiger partial charge is 0.391 e. The van der Waals surface area contributed by atoms with Gasteiger partial charge >= 0.3 is 0 Å². The molecule has 0 saturated carbocycles. The highest BCUT2D eigenvalue weighted by Gasteiger charge is 2.22. The Morgan fingerprint density at radius 2 is 1.81 bits per heavy atom. The number of hydrogen-bond donors (Lipinski definition) is 3. The molecule has 5 aromatic rings. The van der Waals surface area contributed by atoms with Crippen LogP contribution in [0.2, 0.25) is 0 Å². The Morgan fingerprint density at radius 3 is 2.53 bits per heavy atom. The van der Waals surface area contributed by atoms with Gasteiger partial charge in [-0.2, -0.15) is 0 Å². The zero-order chi connectivity index (χ0) is 25.6. The molecule has 182 valence electrons. The van der Waals surface area contributed by atoms with Crippen LogP contribution in [0.25, 0.3) is 39.1 Å². The van der Waals surface area contributed by atoms with E-state index in [1.54, 1.807) is 42.8 Å². The van der Waals surface area contributed by atoms with Gasteiger partial charge in [-0.25, -0.2) is 14.4 Å². The number of hydrogen-bond acceptors (Lipinski definition) is 6. The first-order chi connectivity index (χ1) is 17.2. The van der Waals surface area contributed by atoms with Crippen LogP contribution in [0.4, 0.5) is 10.2 Å². The van der Waals surface area contributed by atoms with E-state index < -0.39 is 18.1 Å². The molecule has 8 nitrogen and oxygen atoms in total. The second kappa shape index (κ2) is 9.01. The summed E-state index contributed by atoms with van der Waals surface area (Å²) in [6.45, 7) is 5.31. The number of benzene rings is 2. The lowest BCUT2D eigenvalue weighted by Crippen LogP contribution is -2.39. The summed E-state index contributed by atoms with van der Waals surface area (Å²) < 4.78 is 15.4. The van der Waals surface area contributed by atoms with Crippen LogP contribution in [0.3, 0.4) is 0 Å². The van der Waals surface area contributed by atoms with E-state index in [0.717, 1.165) is 22.0 Å². The van der Waals surface area contributed by atoms with Gasteiger partial charge in [-0.3, -0.25) is 14.2 Å². The van der Waals surface area contributed by atoms with Gasteiger partial charge in [0, 0.05) is 28.9 Å². The number of nitrogens with one attached hydrogen (secondary N) is 1. The van der Waals surface area contributed by atoms with Crippen molar-refractivity contribution in [3.63, 3.8) is 0 Å². The Morgan fingerprint density at radius 1 is 1.08 bits per heavy atom. The Labute approximate surface area is 206 Å². The summed E-state index contributed by atoms with van der Waals surface area (Å²) >= 11 is 0. The van der Waals surface area contributed by atoms with E-state index in [9.17, 15) is 14.3 Å². The number of aliphatic hydroxyl groups excluding tert-OH is 1. The lowest BCUT2D eigenvalue weighted by atomic mass is 10.0. The molecule has 2 atom stereocenters. The zero-order valence-corrected chi connectivity index (χ0v) is 20.0. The Bertz CT molecular complexity index is 1610. The summed E-state index contributed by atoms with van der Waals surface area (Å²) in [5.41, 5.74) is 11.3.